The van der Waals surface area contributed by atoms with Crippen molar-refractivity contribution in [1.82, 2.24) is 5.32 Å². The Morgan fingerprint density at radius 3 is 2.42 bits per heavy atom. The zero-order valence-electron chi connectivity index (χ0n) is 12.0. The number of furan rings is 1. The number of carbonyl (C=O) groups excluding carboxylic acids is 2. The van der Waals surface area contributed by atoms with Gasteiger partial charge in [-0.05, 0) is 39.8 Å². The highest BCUT2D eigenvalue weighted by molar-refractivity contribution is 5.95. The van der Waals surface area contributed by atoms with E-state index in [0.717, 1.165) is 0 Å². The molecule has 1 aromatic rings. The molecule has 0 fully saturated rings. The summed E-state index contributed by atoms with van der Waals surface area (Å²) < 4.78 is 10.2. The third kappa shape index (κ3) is 4.77. The molecule has 2 unspecified atom stereocenters. The van der Waals surface area contributed by atoms with Crippen LogP contribution in [0.3, 0.4) is 0 Å². The van der Waals surface area contributed by atoms with Gasteiger partial charge in [0.2, 0.25) is 5.78 Å². The van der Waals surface area contributed by atoms with E-state index in [0.29, 0.717) is 5.76 Å². The van der Waals surface area contributed by atoms with Crippen molar-refractivity contribution in [2.45, 2.75) is 46.3 Å². The van der Waals surface area contributed by atoms with E-state index in [2.05, 4.69) is 5.32 Å². The van der Waals surface area contributed by atoms with Crippen molar-refractivity contribution in [3.8, 4) is 0 Å². The van der Waals surface area contributed by atoms with E-state index in [9.17, 15) is 9.59 Å². The highest BCUT2D eigenvalue weighted by Crippen LogP contribution is 2.14. The average Bonchev–Trinajstić information content (AvgIpc) is 2.77. The summed E-state index contributed by atoms with van der Waals surface area (Å²) in [5.74, 6) is -0.238. The summed E-state index contributed by atoms with van der Waals surface area (Å²) in [4.78, 5) is 23.6. The largest absolute Gasteiger partial charge is 0.461 e. The minimum absolute atomic E-state index is 0.145. The SMILES string of the molecule is CC(NC(=O)OC(C)(C)C)C(C)C(=O)c1ccco1. The smallest absolute Gasteiger partial charge is 0.407 e. The molecule has 0 aliphatic carbocycles. The molecule has 0 spiro atoms. The zero-order chi connectivity index (χ0) is 14.6. The average molecular weight is 267 g/mol. The monoisotopic (exact) mass is 267 g/mol. The molecule has 1 N–H and O–H groups in total. The van der Waals surface area contributed by atoms with Gasteiger partial charge in [0.15, 0.2) is 5.76 Å². The summed E-state index contributed by atoms with van der Waals surface area (Å²) in [6.45, 7) is 8.86. The fraction of sp³-hybridized carbons (Fsp3) is 0.571. The molecule has 1 aromatic heterocycles. The van der Waals surface area contributed by atoms with Crippen molar-refractivity contribution < 1.29 is 18.7 Å². The van der Waals surface area contributed by atoms with Gasteiger partial charge in [0.05, 0.1) is 6.26 Å². The number of rotatable bonds is 4. The first-order valence-electron chi connectivity index (χ1n) is 6.28. The Morgan fingerprint density at radius 2 is 1.95 bits per heavy atom. The van der Waals surface area contributed by atoms with E-state index < -0.39 is 17.6 Å². The van der Waals surface area contributed by atoms with Crippen LogP contribution >= 0.6 is 0 Å². The van der Waals surface area contributed by atoms with Crippen LogP contribution in [0.4, 0.5) is 4.79 Å². The van der Waals surface area contributed by atoms with Gasteiger partial charge in [0, 0.05) is 12.0 Å². The van der Waals surface area contributed by atoms with Crippen molar-refractivity contribution >= 4 is 11.9 Å². The second-order valence-electron chi connectivity index (χ2n) is 5.57. The lowest BCUT2D eigenvalue weighted by Crippen LogP contribution is -2.42. The predicted molar refractivity (Wildman–Crippen MR) is 71.0 cm³/mol. The van der Waals surface area contributed by atoms with Crippen LogP contribution in [0.1, 0.15) is 45.2 Å². The second kappa shape index (κ2) is 5.91. The van der Waals surface area contributed by atoms with Crippen LogP contribution in [0.15, 0.2) is 22.8 Å². The molecule has 0 saturated carbocycles. The van der Waals surface area contributed by atoms with Crippen LogP contribution < -0.4 is 5.32 Å². The molecule has 0 saturated heterocycles. The number of amides is 1. The Bertz CT molecular complexity index is 431. The quantitative estimate of drug-likeness (QED) is 0.851. The van der Waals surface area contributed by atoms with E-state index in [1.807, 2.05) is 0 Å². The molecule has 0 radical (unpaired) electrons. The van der Waals surface area contributed by atoms with Crippen molar-refractivity contribution in [1.29, 1.82) is 0 Å². The van der Waals surface area contributed by atoms with Crippen molar-refractivity contribution in [3.63, 3.8) is 0 Å². The highest BCUT2D eigenvalue weighted by Gasteiger charge is 2.26. The first-order chi connectivity index (χ1) is 8.70. The van der Waals surface area contributed by atoms with Crippen molar-refractivity contribution in [3.05, 3.63) is 24.2 Å². The van der Waals surface area contributed by atoms with Gasteiger partial charge in [-0.1, -0.05) is 6.92 Å². The van der Waals surface area contributed by atoms with E-state index >= 15 is 0 Å². The molecule has 1 amide bonds. The number of nitrogens with one attached hydrogen (secondary N) is 1. The Morgan fingerprint density at radius 1 is 1.32 bits per heavy atom. The van der Waals surface area contributed by atoms with Gasteiger partial charge in [-0.2, -0.15) is 0 Å². The van der Waals surface area contributed by atoms with Gasteiger partial charge < -0.3 is 14.5 Å². The molecule has 0 bridgehead atoms. The molecule has 1 rings (SSSR count). The Balaban J connectivity index is 2.56. The number of hydrogen-bond donors (Lipinski definition) is 1. The van der Waals surface area contributed by atoms with Gasteiger partial charge in [0.25, 0.3) is 0 Å². The maximum Gasteiger partial charge on any atom is 0.407 e. The topological polar surface area (TPSA) is 68.5 Å². The maximum absolute atomic E-state index is 12.0. The van der Waals surface area contributed by atoms with Crippen LogP contribution in [0.2, 0.25) is 0 Å². The summed E-state index contributed by atoms with van der Waals surface area (Å²) >= 11 is 0. The fourth-order valence-corrected chi connectivity index (χ4v) is 1.49. The number of ketones is 1. The van der Waals surface area contributed by atoms with Gasteiger partial charge in [-0.15, -0.1) is 0 Å². The molecular formula is C14H21NO4. The van der Waals surface area contributed by atoms with E-state index in [-0.39, 0.29) is 11.8 Å². The number of Topliss-reactive ketones (excluding diaryl/α,β-unsaturated/α-hetero) is 1. The summed E-state index contributed by atoms with van der Waals surface area (Å²) in [6.07, 6.45) is 0.922. The predicted octanol–water partition coefficient (Wildman–Crippen LogP) is 3.01. The maximum atomic E-state index is 12.0. The van der Waals surface area contributed by atoms with Gasteiger partial charge >= 0.3 is 6.09 Å². The third-order valence-corrected chi connectivity index (χ3v) is 2.67. The highest BCUT2D eigenvalue weighted by atomic mass is 16.6. The molecule has 1 heterocycles. The molecule has 0 aromatic carbocycles. The van der Waals surface area contributed by atoms with Crippen LogP contribution in [-0.4, -0.2) is 23.5 Å². The minimum atomic E-state index is -0.557. The van der Waals surface area contributed by atoms with Crippen molar-refractivity contribution in [2.24, 2.45) is 5.92 Å². The van der Waals surface area contributed by atoms with Crippen LogP contribution in [0.25, 0.3) is 0 Å². The lowest BCUT2D eigenvalue weighted by Gasteiger charge is -2.24. The Kier molecular flexibility index (Phi) is 4.75. The Labute approximate surface area is 113 Å². The summed E-state index contributed by atoms with van der Waals surface area (Å²) in [7, 11) is 0. The van der Waals surface area contributed by atoms with Crippen LogP contribution in [0, 0.1) is 5.92 Å². The van der Waals surface area contributed by atoms with E-state index in [1.54, 1.807) is 46.8 Å². The first kappa shape index (κ1) is 15.3. The number of hydrogen-bond acceptors (Lipinski definition) is 4. The molecule has 0 aliphatic heterocycles. The number of ether oxygens (including phenoxy) is 1. The van der Waals surface area contributed by atoms with Crippen LogP contribution in [0.5, 0.6) is 0 Å². The standard InChI is InChI=1S/C14H21NO4/c1-9(12(16)11-7-6-8-18-11)10(2)15-13(17)19-14(3,4)5/h6-10H,1-5H3,(H,15,17). The molecular weight excluding hydrogens is 246 g/mol. The molecule has 2 atom stereocenters. The van der Waals surface area contributed by atoms with E-state index in [4.69, 9.17) is 9.15 Å². The number of alkyl carbamates (subject to hydrolysis) is 1. The molecule has 106 valence electrons. The van der Waals surface area contributed by atoms with Crippen LogP contribution in [-0.2, 0) is 4.74 Å². The molecule has 19 heavy (non-hydrogen) atoms. The van der Waals surface area contributed by atoms with Gasteiger partial charge in [-0.3, -0.25) is 4.79 Å². The number of carbonyl (C=O) groups is 2. The summed E-state index contributed by atoms with van der Waals surface area (Å²) in [5.41, 5.74) is -0.557. The van der Waals surface area contributed by atoms with E-state index in [1.165, 1.54) is 6.26 Å². The lowest BCUT2D eigenvalue weighted by atomic mass is 9.97. The van der Waals surface area contributed by atoms with Gasteiger partial charge in [-0.25, -0.2) is 4.79 Å². The van der Waals surface area contributed by atoms with Crippen molar-refractivity contribution in [2.75, 3.05) is 0 Å². The normalized spacial score (nSPS) is 14.6. The Hall–Kier alpha value is -1.78. The molecule has 5 heteroatoms. The minimum Gasteiger partial charge on any atom is -0.461 e. The summed E-state index contributed by atoms with van der Waals surface area (Å²) in [6, 6.07) is 2.93. The summed E-state index contributed by atoms with van der Waals surface area (Å²) in [5, 5.41) is 2.66. The zero-order valence-corrected chi connectivity index (χ0v) is 12.0. The molecule has 0 aliphatic rings. The van der Waals surface area contributed by atoms with Gasteiger partial charge in [0.1, 0.15) is 5.60 Å². The third-order valence-electron chi connectivity index (χ3n) is 2.67. The second-order valence-corrected chi connectivity index (χ2v) is 5.57. The first-order valence-corrected chi connectivity index (χ1v) is 6.28. The lowest BCUT2D eigenvalue weighted by molar-refractivity contribution is 0.0491. The fourth-order valence-electron chi connectivity index (χ4n) is 1.49. The molecule has 5 nitrogen and oxygen atoms in total.